The van der Waals surface area contributed by atoms with Gasteiger partial charge < -0.3 is 10.6 Å². The van der Waals surface area contributed by atoms with Gasteiger partial charge in [0.2, 0.25) is 0 Å². The minimum absolute atomic E-state index is 0.652. The van der Waals surface area contributed by atoms with Gasteiger partial charge in [-0.2, -0.15) is 0 Å². The normalized spacial score (nSPS) is 10.4. The van der Waals surface area contributed by atoms with Gasteiger partial charge in [0.05, 0.1) is 16.4 Å². The van der Waals surface area contributed by atoms with E-state index in [1.165, 1.54) is 0 Å². The Bertz CT molecular complexity index is 535. The van der Waals surface area contributed by atoms with Crippen LogP contribution in [0.2, 0.25) is 10.0 Å². The van der Waals surface area contributed by atoms with E-state index in [1.54, 1.807) is 0 Å². The maximum atomic E-state index is 6.17. The van der Waals surface area contributed by atoms with Gasteiger partial charge in [-0.3, -0.25) is 0 Å². The van der Waals surface area contributed by atoms with Crippen LogP contribution in [0.3, 0.4) is 0 Å². The van der Waals surface area contributed by atoms with Crippen molar-refractivity contribution in [2.24, 2.45) is 0 Å². The molecule has 94 valence electrons. The Morgan fingerprint density at radius 1 is 1.11 bits per heavy atom. The largest absolute Gasteiger partial charge is 0.397 e. The van der Waals surface area contributed by atoms with E-state index in [-0.39, 0.29) is 0 Å². The predicted octanol–water partition coefficient (Wildman–Crippen LogP) is 4.21. The molecular weight excluding hydrogens is 267 g/mol. The van der Waals surface area contributed by atoms with Crippen LogP contribution in [0.15, 0.2) is 42.5 Å². The zero-order valence-electron chi connectivity index (χ0n) is 10.0. The van der Waals surface area contributed by atoms with Gasteiger partial charge in [-0.25, -0.2) is 0 Å². The van der Waals surface area contributed by atoms with Gasteiger partial charge in [0.1, 0.15) is 0 Å². The Morgan fingerprint density at radius 3 is 2.50 bits per heavy atom. The van der Waals surface area contributed by atoms with Crippen molar-refractivity contribution in [2.75, 3.05) is 17.7 Å². The number of anilines is 2. The molecule has 0 aromatic heterocycles. The molecule has 0 radical (unpaired) electrons. The number of para-hydroxylation sites is 1. The summed E-state index contributed by atoms with van der Waals surface area (Å²) in [5, 5.41) is 1.38. The molecule has 2 aromatic rings. The molecule has 2 nitrogen and oxygen atoms in total. The van der Waals surface area contributed by atoms with Crippen molar-refractivity contribution < 1.29 is 0 Å². The molecule has 0 saturated heterocycles. The summed E-state index contributed by atoms with van der Waals surface area (Å²) >= 11 is 12.1. The SMILES string of the molecule is CN(Cc1cccc(Cl)c1)c1c(N)cccc1Cl. The van der Waals surface area contributed by atoms with E-state index in [2.05, 4.69) is 0 Å². The van der Waals surface area contributed by atoms with Gasteiger partial charge in [0.15, 0.2) is 0 Å². The van der Waals surface area contributed by atoms with Gasteiger partial charge in [-0.15, -0.1) is 0 Å². The summed E-state index contributed by atoms with van der Waals surface area (Å²) in [5.41, 5.74) is 8.59. The summed E-state index contributed by atoms with van der Waals surface area (Å²) in [6.45, 7) is 0.703. The second kappa shape index (κ2) is 5.51. The lowest BCUT2D eigenvalue weighted by Gasteiger charge is -2.22. The lowest BCUT2D eigenvalue weighted by Crippen LogP contribution is -2.18. The zero-order valence-corrected chi connectivity index (χ0v) is 11.5. The Balaban J connectivity index is 2.25. The standard InChI is InChI=1S/C14H14Cl2N2/c1-18(9-10-4-2-5-11(15)8-10)14-12(16)6-3-7-13(14)17/h2-8H,9,17H2,1H3. The highest BCUT2D eigenvalue weighted by molar-refractivity contribution is 6.34. The molecular formula is C14H14Cl2N2. The van der Waals surface area contributed by atoms with Gasteiger partial charge in [0.25, 0.3) is 0 Å². The number of hydrogen-bond acceptors (Lipinski definition) is 2. The molecule has 0 amide bonds. The van der Waals surface area contributed by atoms with Crippen LogP contribution in [0.1, 0.15) is 5.56 Å². The summed E-state index contributed by atoms with van der Waals surface area (Å²) in [6, 6.07) is 13.3. The van der Waals surface area contributed by atoms with Crippen LogP contribution in [0.25, 0.3) is 0 Å². The predicted molar refractivity (Wildman–Crippen MR) is 79.4 cm³/mol. The van der Waals surface area contributed by atoms with Crippen LogP contribution < -0.4 is 10.6 Å². The van der Waals surface area contributed by atoms with Crippen LogP contribution in [-0.4, -0.2) is 7.05 Å². The molecule has 0 bridgehead atoms. The Kier molecular flexibility index (Phi) is 4.00. The number of rotatable bonds is 3. The van der Waals surface area contributed by atoms with Gasteiger partial charge in [0, 0.05) is 18.6 Å². The van der Waals surface area contributed by atoms with Crippen LogP contribution in [0.5, 0.6) is 0 Å². The molecule has 0 atom stereocenters. The van der Waals surface area contributed by atoms with E-state index in [1.807, 2.05) is 54.4 Å². The number of benzene rings is 2. The summed E-state index contributed by atoms with van der Waals surface area (Å²) < 4.78 is 0. The fourth-order valence-corrected chi connectivity index (χ4v) is 2.46. The summed E-state index contributed by atoms with van der Waals surface area (Å²) in [4.78, 5) is 2.02. The molecule has 2 N–H and O–H groups in total. The number of halogens is 2. The van der Waals surface area contributed by atoms with Gasteiger partial charge in [-0.05, 0) is 29.8 Å². The van der Waals surface area contributed by atoms with Crippen molar-refractivity contribution in [3.05, 3.63) is 58.1 Å². The van der Waals surface area contributed by atoms with Crippen molar-refractivity contribution in [1.82, 2.24) is 0 Å². The number of nitrogen functional groups attached to an aromatic ring is 1. The van der Waals surface area contributed by atoms with Crippen molar-refractivity contribution in [3.63, 3.8) is 0 Å². The average molecular weight is 281 g/mol. The van der Waals surface area contributed by atoms with E-state index < -0.39 is 0 Å². The van der Waals surface area contributed by atoms with Crippen LogP contribution in [0, 0.1) is 0 Å². The van der Waals surface area contributed by atoms with E-state index in [9.17, 15) is 0 Å². The second-order valence-electron chi connectivity index (χ2n) is 4.16. The first-order valence-corrected chi connectivity index (χ1v) is 6.33. The molecule has 0 aliphatic rings. The summed E-state index contributed by atoms with van der Waals surface area (Å²) in [7, 11) is 1.96. The maximum absolute atomic E-state index is 6.17. The van der Waals surface area contributed by atoms with Gasteiger partial charge >= 0.3 is 0 Å². The van der Waals surface area contributed by atoms with Crippen LogP contribution in [0.4, 0.5) is 11.4 Å². The Morgan fingerprint density at radius 2 is 1.83 bits per heavy atom. The minimum Gasteiger partial charge on any atom is -0.397 e. The molecule has 0 spiro atoms. The Labute approximate surface area is 117 Å². The smallest absolute Gasteiger partial charge is 0.0789 e. The maximum Gasteiger partial charge on any atom is 0.0789 e. The van der Waals surface area contributed by atoms with E-state index >= 15 is 0 Å². The van der Waals surface area contributed by atoms with Crippen molar-refractivity contribution in [2.45, 2.75) is 6.54 Å². The van der Waals surface area contributed by atoms with Crippen molar-refractivity contribution in [1.29, 1.82) is 0 Å². The van der Waals surface area contributed by atoms with Crippen LogP contribution >= 0.6 is 23.2 Å². The quantitative estimate of drug-likeness (QED) is 0.854. The van der Waals surface area contributed by atoms with Crippen molar-refractivity contribution >= 4 is 34.6 Å². The first-order valence-electron chi connectivity index (χ1n) is 5.57. The van der Waals surface area contributed by atoms with E-state index in [0.29, 0.717) is 17.3 Å². The first-order chi connectivity index (χ1) is 8.58. The molecule has 18 heavy (non-hydrogen) atoms. The molecule has 2 rings (SSSR count). The van der Waals surface area contributed by atoms with E-state index in [0.717, 1.165) is 16.3 Å². The highest BCUT2D eigenvalue weighted by Crippen LogP contribution is 2.31. The fourth-order valence-electron chi connectivity index (χ4n) is 1.92. The highest BCUT2D eigenvalue weighted by Gasteiger charge is 2.10. The topological polar surface area (TPSA) is 29.3 Å². The number of nitrogens with two attached hydrogens (primary N) is 1. The third kappa shape index (κ3) is 2.89. The second-order valence-corrected chi connectivity index (χ2v) is 5.01. The number of hydrogen-bond donors (Lipinski definition) is 1. The minimum atomic E-state index is 0.652. The molecule has 0 aliphatic heterocycles. The molecule has 4 heteroatoms. The molecule has 0 saturated carbocycles. The van der Waals surface area contributed by atoms with Crippen molar-refractivity contribution in [3.8, 4) is 0 Å². The molecule has 0 fully saturated rings. The zero-order chi connectivity index (χ0) is 13.1. The van der Waals surface area contributed by atoms with Crippen LogP contribution in [-0.2, 0) is 6.54 Å². The fraction of sp³-hybridized carbons (Fsp3) is 0.143. The molecule has 0 unspecified atom stereocenters. The lowest BCUT2D eigenvalue weighted by atomic mass is 10.2. The molecule has 0 aliphatic carbocycles. The number of nitrogens with zero attached hydrogens (tertiary/aromatic N) is 1. The third-order valence-corrected chi connectivity index (χ3v) is 3.25. The lowest BCUT2D eigenvalue weighted by molar-refractivity contribution is 0.925. The first kappa shape index (κ1) is 13.1. The van der Waals surface area contributed by atoms with E-state index in [4.69, 9.17) is 28.9 Å². The highest BCUT2D eigenvalue weighted by atomic mass is 35.5. The Hall–Kier alpha value is -1.38. The third-order valence-electron chi connectivity index (χ3n) is 2.71. The monoisotopic (exact) mass is 280 g/mol. The molecule has 0 heterocycles. The van der Waals surface area contributed by atoms with Gasteiger partial charge in [-0.1, -0.05) is 41.4 Å². The summed E-state index contributed by atoms with van der Waals surface area (Å²) in [6.07, 6.45) is 0. The summed E-state index contributed by atoms with van der Waals surface area (Å²) in [5.74, 6) is 0. The molecule has 2 aromatic carbocycles. The average Bonchev–Trinajstić information content (AvgIpc) is 2.28.